The average Bonchev–Trinajstić information content (AvgIpc) is 2.39. The van der Waals surface area contributed by atoms with Crippen LogP contribution in [-0.2, 0) is 11.2 Å². The van der Waals surface area contributed by atoms with Gasteiger partial charge in [-0.15, -0.1) is 0 Å². The molecule has 1 N–H and O–H groups in total. The number of hydrogen-bond donors (Lipinski definition) is 1. The number of nitrogens with one attached hydrogen (secondary N) is 1. The number of fused-ring (bicyclic) bond motifs is 2. The van der Waals surface area contributed by atoms with Crippen molar-refractivity contribution in [3.8, 4) is 0 Å². The quantitative estimate of drug-likeness (QED) is 0.803. The molecule has 0 aliphatic heterocycles. The third-order valence-corrected chi connectivity index (χ3v) is 3.81. The molecule has 1 aliphatic rings. The van der Waals surface area contributed by atoms with Crippen molar-refractivity contribution >= 4 is 28.8 Å². The van der Waals surface area contributed by atoms with Crippen LogP contribution in [0.1, 0.15) is 30.0 Å². The first-order chi connectivity index (χ1) is 8.70. The summed E-state index contributed by atoms with van der Waals surface area (Å²) in [6, 6.07) is 5.21. The Hall–Kier alpha value is -1.61. The number of aromatic amines is 1. The van der Waals surface area contributed by atoms with E-state index >= 15 is 0 Å². The summed E-state index contributed by atoms with van der Waals surface area (Å²) in [4.78, 5) is 26.7. The van der Waals surface area contributed by atoms with Gasteiger partial charge >= 0.3 is 0 Å². The molecule has 3 rings (SSSR count). The van der Waals surface area contributed by atoms with E-state index in [1.54, 1.807) is 18.2 Å². The molecule has 0 saturated heterocycles. The molecule has 0 radical (unpaired) electrons. The van der Waals surface area contributed by atoms with Crippen molar-refractivity contribution in [2.45, 2.75) is 25.2 Å². The van der Waals surface area contributed by atoms with Crippen LogP contribution in [0.15, 0.2) is 23.0 Å². The number of aromatic nitrogens is 1. The Balaban J connectivity index is 2.37. The highest BCUT2D eigenvalue weighted by Gasteiger charge is 2.23. The minimum atomic E-state index is -0.179. The molecule has 1 aliphatic carbocycles. The highest BCUT2D eigenvalue weighted by Crippen LogP contribution is 2.28. The highest BCUT2D eigenvalue weighted by atomic mass is 35.5. The van der Waals surface area contributed by atoms with Gasteiger partial charge in [0.15, 0.2) is 5.43 Å². The summed E-state index contributed by atoms with van der Waals surface area (Å²) in [6.45, 7) is 0. The number of rotatable bonds is 1. The van der Waals surface area contributed by atoms with Gasteiger partial charge in [-0.1, -0.05) is 11.6 Å². The Morgan fingerprint density at radius 1 is 1.39 bits per heavy atom. The lowest BCUT2D eigenvalue weighted by atomic mass is 9.86. The van der Waals surface area contributed by atoms with Crippen LogP contribution in [0.3, 0.4) is 0 Å². The van der Waals surface area contributed by atoms with Gasteiger partial charge in [-0.25, -0.2) is 0 Å². The lowest BCUT2D eigenvalue weighted by Crippen LogP contribution is -2.22. The van der Waals surface area contributed by atoms with Crippen LogP contribution < -0.4 is 5.43 Å². The zero-order valence-electron chi connectivity index (χ0n) is 9.70. The van der Waals surface area contributed by atoms with E-state index in [-0.39, 0.29) is 11.3 Å². The highest BCUT2D eigenvalue weighted by molar-refractivity contribution is 6.31. The van der Waals surface area contributed by atoms with Crippen molar-refractivity contribution in [1.82, 2.24) is 4.98 Å². The molecular weight excluding hydrogens is 250 g/mol. The molecule has 1 aromatic carbocycles. The maximum atomic E-state index is 12.4. The molecule has 0 fully saturated rings. The van der Waals surface area contributed by atoms with E-state index in [2.05, 4.69) is 4.98 Å². The van der Waals surface area contributed by atoms with E-state index in [4.69, 9.17) is 11.6 Å². The second kappa shape index (κ2) is 4.25. The molecule has 18 heavy (non-hydrogen) atoms. The van der Waals surface area contributed by atoms with Gasteiger partial charge < -0.3 is 9.78 Å². The Morgan fingerprint density at radius 3 is 3.00 bits per heavy atom. The molecule has 0 amide bonds. The second-order valence-electron chi connectivity index (χ2n) is 4.67. The van der Waals surface area contributed by atoms with Crippen LogP contribution in [0.4, 0.5) is 0 Å². The Kier molecular flexibility index (Phi) is 2.71. The smallest absolute Gasteiger partial charge is 0.192 e. The van der Waals surface area contributed by atoms with E-state index < -0.39 is 0 Å². The lowest BCUT2D eigenvalue weighted by Gasteiger charge is -2.21. The minimum absolute atomic E-state index is 0.00722. The number of hydrogen-bond acceptors (Lipinski definition) is 2. The van der Waals surface area contributed by atoms with Crippen molar-refractivity contribution in [1.29, 1.82) is 0 Å². The van der Waals surface area contributed by atoms with E-state index in [9.17, 15) is 9.59 Å². The molecule has 1 heterocycles. The number of benzene rings is 1. The van der Waals surface area contributed by atoms with E-state index in [0.717, 1.165) is 42.3 Å². The summed E-state index contributed by atoms with van der Waals surface area (Å²) in [5, 5.41) is 1.16. The van der Waals surface area contributed by atoms with Gasteiger partial charge in [-0.2, -0.15) is 0 Å². The maximum Gasteiger partial charge on any atom is 0.192 e. The normalized spacial score (nSPS) is 18.6. The Morgan fingerprint density at radius 2 is 2.22 bits per heavy atom. The average molecular weight is 262 g/mol. The van der Waals surface area contributed by atoms with Gasteiger partial charge in [0, 0.05) is 27.2 Å². The van der Waals surface area contributed by atoms with Crippen LogP contribution in [0.5, 0.6) is 0 Å². The standard InChI is InChI=1S/C14H12ClNO2/c15-9-4-5-12-11(6-9)14(18)10-3-1-2-8(7-17)13(10)16-12/h4-8H,1-3H2,(H,16,18)/t8-/m0/s1. The molecule has 0 spiro atoms. The Labute approximate surface area is 109 Å². The van der Waals surface area contributed by atoms with Gasteiger partial charge in [0.1, 0.15) is 6.29 Å². The zero-order valence-corrected chi connectivity index (χ0v) is 10.5. The molecule has 1 aromatic heterocycles. The molecule has 92 valence electrons. The third-order valence-electron chi connectivity index (χ3n) is 3.57. The van der Waals surface area contributed by atoms with Gasteiger partial charge in [0.2, 0.25) is 0 Å². The van der Waals surface area contributed by atoms with Gasteiger partial charge in [0.05, 0.1) is 5.92 Å². The maximum absolute atomic E-state index is 12.4. The first-order valence-electron chi connectivity index (χ1n) is 6.00. The van der Waals surface area contributed by atoms with Crippen LogP contribution >= 0.6 is 11.6 Å². The fraction of sp³-hybridized carbons (Fsp3) is 0.286. The van der Waals surface area contributed by atoms with Gasteiger partial charge in [0.25, 0.3) is 0 Å². The molecule has 2 aromatic rings. The molecule has 0 saturated carbocycles. The summed E-state index contributed by atoms with van der Waals surface area (Å²) in [7, 11) is 0. The van der Waals surface area contributed by atoms with Crippen LogP contribution in [-0.4, -0.2) is 11.3 Å². The first kappa shape index (κ1) is 11.5. The third kappa shape index (κ3) is 1.66. The number of halogens is 1. The van der Waals surface area contributed by atoms with Crippen molar-refractivity contribution in [2.75, 3.05) is 0 Å². The topological polar surface area (TPSA) is 49.9 Å². The summed E-state index contributed by atoms with van der Waals surface area (Å²) < 4.78 is 0. The number of aldehydes is 1. The molecule has 1 atom stereocenters. The molecular formula is C14H12ClNO2. The van der Waals surface area contributed by atoms with Crippen molar-refractivity contribution in [3.05, 3.63) is 44.7 Å². The first-order valence-corrected chi connectivity index (χ1v) is 6.38. The van der Waals surface area contributed by atoms with Crippen molar-refractivity contribution < 1.29 is 4.79 Å². The molecule has 0 bridgehead atoms. The second-order valence-corrected chi connectivity index (χ2v) is 5.11. The van der Waals surface area contributed by atoms with E-state index in [0.29, 0.717) is 10.4 Å². The number of carbonyl (C=O) groups excluding carboxylic acids is 1. The molecule has 4 heteroatoms. The van der Waals surface area contributed by atoms with Gasteiger partial charge in [-0.3, -0.25) is 4.79 Å². The van der Waals surface area contributed by atoms with Crippen molar-refractivity contribution in [3.63, 3.8) is 0 Å². The summed E-state index contributed by atoms with van der Waals surface area (Å²) in [5.41, 5.74) is 2.29. The summed E-state index contributed by atoms with van der Waals surface area (Å²) in [5.74, 6) is -0.179. The lowest BCUT2D eigenvalue weighted by molar-refractivity contribution is -0.109. The zero-order chi connectivity index (χ0) is 12.7. The number of carbonyl (C=O) groups is 1. The van der Waals surface area contributed by atoms with E-state index in [1.165, 1.54) is 0 Å². The largest absolute Gasteiger partial charge is 0.357 e. The Bertz CT molecular complexity index is 690. The fourth-order valence-corrected chi connectivity index (χ4v) is 2.83. The predicted octanol–water partition coefficient (Wildman–Crippen LogP) is 2.80. The molecule has 3 nitrogen and oxygen atoms in total. The van der Waals surface area contributed by atoms with Crippen molar-refractivity contribution in [2.24, 2.45) is 0 Å². The fourth-order valence-electron chi connectivity index (χ4n) is 2.66. The summed E-state index contributed by atoms with van der Waals surface area (Å²) >= 11 is 5.92. The van der Waals surface area contributed by atoms with Crippen LogP contribution in [0.2, 0.25) is 5.02 Å². The van der Waals surface area contributed by atoms with E-state index in [1.807, 2.05) is 0 Å². The minimum Gasteiger partial charge on any atom is -0.357 e. The number of pyridine rings is 1. The predicted molar refractivity (Wildman–Crippen MR) is 71.3 cm³/mol. The monoisotopic (exact) mass is 261 g/mol. The summed E-state index contributed by atoms with van der Waals surface area (Å²) in [6.07, 6.45) is 3.35. The molecule has 0 unspecified atom stereocenters. The van der Waals surface area contributed by atoms with Crippen LogP contribution in [0, 0.1) is 0 Å². The van der Waals surface area contributed by atoms with Crippen LogP contribution in [0.25, 0.3) is 10.9 Å². The number of H-pyrrole nitrogens is 1. The SMILES string of the molecule is O=C[C@@H]1CCCc2c1[nH]c1ccc(Cl)cc1c2=O. The van der Waals surface area contributed by atoms with Gasteiger partial charge in [-0.05, 0) is 37.5 Å².